The lowest BCUT2D eigenvalue weighted by Crippen LogP contribution is -2.43. The van der Waals surface area contributed by atoms with Gasteiger partial charge in [0.05, 0.1) is 5.92 Å². The standard InChI is InChI=1S/C16H18N2O4/c19-15(20)10-4-3-7-18(9-10)14(16(21)22)12-8-17-13-6-2-1-5-11(12)13/h1-2,5-6,8,10,14,17H,3-4,7,9H2,(H,19,20)(H,21,22)/t10-,14+/m0/s1. The smallest absolute Gasteiger partial charge is 0.325 e. The number of benzene rings is 1. The minimum atomic E-state index is -0.948. The van der Waals surface area contributed by atoms with Gasteiger partial charge < -0.3 is 15.2 Å². The van der Waals surface area contributed by atoms with Crippen molar-refractivity contribution in [3.8, 4) is 0 Å². The van der Waals surface area contributed by atoms with Crippen LogP contribution in [0.25, 0.3) is 10.9 Å². The van der Waals surface area contributed by atoms with E-state index in [2.05, 4.69) is 4.98 Å². The van der Waals surface area contributed by atoms with Gasteiger partial charge in [0.25, 0.3) is 0 Å². The zero-order chi connectivity index (χ0) is 15.7. The maximum absolute atomic E-state index is 11.8. The van der Waals surface area contributed by atoms with Gasteiger partial charge in [0.1, 0.15) is 6.04 Å². The summed E-state index contributed by atoms with van der Waals surface area (Å²) in [5.74, 6) is -2.30. The highest BCUT2D eigenvalue weighted by Gasteiger charge is 2.35. The molecule has 1 fully saturated rings. The molecule has 0 saturated carbocycles. The predicted octanol–water partition coefficient (Wildman–Crippen LogP) is 2.09. The highest BCUT2D eigenvalue weighted by molar-refractivity contribution is 5.89. The molecule has 116 valence electrons. The number of nitrogens with one attached hydrogen (secondary N) is 1. The molecule has 1 aromatic carbocycles. The number of fused-ring (bicyclic) bond motifs is 1. The molecule has 0 radical (unpaired) electrons. The van der Waals surface area contributed by atoms with Crippen LogP contribution in [0.5, 0.6) is 0 Å². The normalized spacial score (nSPS) is 20.8. The molecule has 3 rings (SSSR count). The van der Waals surface area contributed by atoms with Gasteiger partial charge in [-0.15, -0.1) is 0 Å². The number of hydrogen-bond acceptors (Lipinski definition) is 3. The average Bonchev–Trinajstić information content (AvgIpc) is 2.91. The van der Waals surface area contributed by atoms with Crippen molar-refractivity contribution in [2.75, 3.05) is 13.1 Å². The molecule has 6 heteroatoms. The Bertz CT molecular complexity index is 709. The zero-order valence-electron chi connectivity index (χ0n) is 12.0. The van der Waals surface area contributed by atoms with Gasteiger partial charge in [-0.1, -0.05) is 18.2 Å². The lowest BCUT2D eigenvalue weighted by atomic mass is 9.94. The Labute approximate surface area is 127 Å². The van der Waals surface area contributed by atoms with Crippen molar-refractivity contribution in [1.29, 1.82) is 0 Å². The highest BCUT2D eigenvalue weighted by Crippen LogP contribution is 2.31. The van der Waals surface area contributed by atoms with Crippen LogP contribution in [0.1, 0.15) is 24.4 Å². The fourth-order valence-electron chi connectivity index (χ4n) is 3.25. The van der Waals surface area contributed by atoms with Crippen molar-refractivity contribution < 1.29 is 19.8 Å². The molecule has 2 atom stereocenters. The molecule has 0 unspecified atom stereocenters. The van der Waals surface area contributed by atoms with Crippen molar-refractivity contribution in [3.63, 3.8) is 0 Å². The van der Waals surface area contributed by atoms with Gasteiger partial charge in [-0.2, -0.15) is 0 Å². The van der Waals surface area contributed by atoms with Gasteiger partial charge in [0.2, 0.25) is 0 Å². The topological polar surface area (TPSA) is 93.6 Å². The van der Waals surface area contributed by atoms with E-state index in [4.69, 9.17) is 0 Å². The number of hydrogen-bond donors (Lipinski definition) is 3. The summed E-state index contributed by atoms with van der Waals surface area (Å²) in [7, 11) is 0. The molecule has 22 heavy (non-hydrogen) atoms. The number of carboxylic acid groups (broad SMARTS) is 2. The van der Waals surface area contributed by atoms with Gasteiger partial charge >= 0.3 is 11.9 Å². The molecule has 1 saturated heterocycles. The van der Waals surface area contributed by atoms with E-state index in [9.17, 15) is 19.8 Å². The molecule has 2 aromatic rings. The van der Waals surface area contributed by atoms with E-state index in [1.807, 2.05) is 24.3 Å². The van der Waals surface area contributed by atoms with E-state index in [-0.39, 0.29) is 6.54 Å². The van der Waals surface area contributed by atoms with E-state index in [0.29, 0.717) is 24.9 Å². The van der Waals surface area contributed by atoms with Crippen LogP contribution in [0.4, 0.5) is 0 Å². The van der Waals surface area contributed by atoms with Gasteiger partial charge in [-0.05, 0) is 25.5 Å². The molecule has 0 amide bonds. The van der Waals surface area contributed by atoms with Gasteiger partial charge in [-0.3, -0.25) is 14.5 Å². The monoisotopic (exact) mass is 302 g/mol. The van der Waals surface area contributed by atoms with E-state index in [0.717, 1.165) is 10.9 Å². The number of aliphatic carboxylic acids is 2. The molecular weight excluding hydrogens is 284 g/mol. The van der Waals surface area contributed by atoms with Crippen molar-refractivity contribution in [1.82, 2.24) is 9.88 Å². The molecule has 0 bridgehead atoms. The van der Waals surface area contributed by atoms with Gasteiger partial charge in [0.15, 0.2) is 0 Å². The van der Waals surface area contributed by atoms with E-state index < -0.39 is 23.9 Å². The summed E-state index contributed by atoms with van der Waals surface area (Å²) in [4.78, 5) is 27.9. The maximum Gasteiger partial charge on any atom is 0.325 e. The highest BCUT2D eigenvalue weighted by atomic mass is 16.4. The summed E-state index contributed by atoms with van der Waals surface area (Å²) in [6.07, 6.45) is 3.02. The first kappa shape index (κ1) is 14.6. The van der Waals surface area contributed by atoms with Crippen molar-refractivity contribution in [2.45, 2.75) is 18.9 Å². The molecule has 1 aromatic heterocycles. The largest absolute Gasteiger partial charge is 0.481 e. The van der Waals surface area contributed by atoms with Crippen LogP contribution in [-0.2, 0) is 9.59 Å². The molecule has 0 aliphatic carbocycles. The minimum Gasteiger partial charge on any atom is -0.481 e. The zero-order valence-corrected chi connectivity index (χ0v) is 12.0. The first-order valence-electron chi connectivity index (χ1n) is 7.33. The summed E-state index contributed by atoms with van der Waals surface area (Å²) in [6.45, 7) is 0.867. The third-order valence-corrected chi connectivity index (χ3v) is 4.32. The van der Waals surface area contributed by atoms with Crippen molar-refractivity contribution in [3.05, 3.63) is 36.0 Å². The first-order valence-corrected chi connectivity index (χ1v) is 7.33. The van der Waals surface area contributed by atoms with Gasteiger partial charge in [-0.25, -0.2) is 0 Å². The number of piperidine rings is 1. The number of para-hydroxylation sites is 1. The molecule has 1 aliphatic rings. The molecule has 2 heterocycles. The van der Waals surface area contributed by atoms with E-state index >= 15 is 0 Å². The number of carbonyl (C=O) groups is 2. The van der Waals surface area contributed by atoms with Crippen LogP contribution in [0, 0.1) is 5.92 Å². The number of rotatable bonds is 4. The second-order valence-corrected chi connectivity index (χ2v) is 5.70. The molecule has 6 nitrogen and oxygen atoms in total. The Hall–Kier alpha value is -2.34. The van der Waals surface area contributed by atoms with Gasteiger partial charge in [0, 0.05) is 29.2 Å². The van der Waals surface area contributed by atoms with Crippen LogP contribution in [0.3, 0.4) is 0 Å². The Kier molecular flexibility index (Phi) is 3.85. The number of H-pyrrole nitrogens is 1. The third kappa shape index (κ3) is 2.57. The van der Waals surface area contributed by atoms with Crippen molar-refractivity contribution in [2.24, 2.45) is 5.92 Å². The summed E-state index contributed by atoms with van der Waals surface area (Å²) < 4.78 is 0. The quantitative estimate of drug-likeness (QED) is 0.804. The second kappa shape index (κ2) is 5.81. The number of carboxylic acids is 2. The van der Waals surface area contributed by atoms with Crippen LogP contribution in [0.15, 0.2) is 30.5 Å². The summed E-state index contributed by atoms with van der Waals surface area (Å²) >= 11 is 0. The Morgan fingerprint density at radius 1 is 1.27 bits per heavy atom. The number of nitrogens with zero attached hydrogens (tertiary/aromatic N) is 1. The second-order valence-electron chi connectivity index (χ2n) is 5.70. The van der Waals surface area contributed by atoms with Crippen LogP contribution in [-0.4, -0.2) is 45.1 Å². The third-order valence-electron chi connectivity index (χ3n) is 4.32. The van der Waals surface area contributed by atoms with Crippen molar-refractivity contribution >= 4 is 22.8 Å². The van der Waals surface area contributed by atoms with E-state index in [1.165, 1.54) is 0 Å². The number of likely N-dealkylation sites (tertiary alicyclic amines) is 1. The molecule has 1 aliphatic heterocycles. The molecular formula is C16H18N2O4. The summed E-state index contributed by atoms with van der Waals surface area (Å²) in [5.41, 5.74) is 1.57. The predicted molar refractivity (Wildman–Crippen MR) is 80.6 cm³/mol. The van der Waals surface area contributed by atoms with Crippen LogP contribution >= 0.6 is 0 Å². The average molecular weight is 302 g/mol. The Balaban J connectivity index is 1.96. The number of aromatic nitrogens is 1. The lowest BCUT2D eigenvalue weighted by Gasteiger charge is -2.34. The minimum absolute atomic E-state index is 0.270. The van der Waals surface area contributed by atoms with Crippen LogP contribution in [0.2, 0.25) is 0 Å². The first-order chi connectivity index (χ1) is 10.6. The fraction of sp³-hybridized carbons (Fsp3) is 0.375. The SMILES string of the molecule is O=C(O)[C@H]1CCCN([C@@H](C(=O)O)c2c[nH]c3ccccc23)C1. The molecule has 3 N–H and O–H groups in total. The Morgan fingerprint density at radius 3 is 2.77 bits per heavy atom. The molecule has 0 spiro atoms. The Morgan fingerprint density at radius 2 is 2.05 bits per heavy atom. The fourth-order valence-corrected chi connectivity index (χ4v) is 3.25. The number of aromatic amines is 1. The van der Waals surface area contributed by atoms with E-state index in [1.54, 1.807) is 11.1 Å². The summed E-state index contributed by atoms with van der Waals surface area (Å²) in [6, 6.07) is 6.72. The maximum atomic E-state index is 11.8. The lowest BCUT2D eigenvalue weighted by molar-refractivity contribution is -0.149. The summed E-state index contributed by atoms with van der Waals surface area (Å²) in [5, 5.41) is 19.7. The van der Waals surface area contributed by atoms with Crippen LogP contribution < -0.4 is 0 Å².